The standard InChI is InChI=1S/C15H17NO3/c1-8-6-7-9(2)14(10(8)3)18-15(17)13-11(4)16-19-12(13)5/h6-7H,1-5H3. The van der Waals surface area contributed by atoms with Crippen LogP contribution in [0.1, 0.15) is 38.5 Å². The van der Waals surface area contributed by atoms with Gasteiger partial charge >= 0.3 is 5.97 Å². The quantitative estimate of drug-likeness (QED) is 0.612. The third kappa shape index (κ3) is 2.38. The van der Waals surface area contributed by atoms with Crippen LogP contribution in [-0.4, -0.2) is 11.1 Å². The molecule has 1 aromatic heterocycles. The van der Waals surface area contributed by atoms with E-state index < -0.39 is 5.97 Å². The van der Waals surface area contributed by atoms with Crippen LogP contribution >= 0.6 is 0 Å². The van der Waals surface area contributed by atoms with Crippen molar-refractivity contribution in [2.24, 2.45) is 0 Å². The summed E-state index contributed by atoms with van der Waals surface area (Å²) in [6, 6.07) is 3.95. The number of aromatic nitrogens is 1. The Morgan fingerprint density at radius 3 is 2.32 bits per heavy atom. The Morgan fingerprint density at radius 1 is 1.11 bits per heavy atom. The summed E-state index contributed by atoms with van der Waals surface area (Å²) >= 11 is 0. The molecule has 100 valence electrons. The fourth-order valence-corrected chi connectivity index (χ4v) is 2.00. The number of carbonyl (C=O) groups excluding carboxylic acids is 1. The van der Waals surface area contributed by atoms with Gasteiger partial charge in [0.15, 0.2) is 0 Å². The molecule has 0 bridgehead atoms. The van der Waals surface area contributed by atoms with Crippen molar-refractivity contribution in [3.05, 3.63) is 45.8 Å². The summed E-state index contributed by atoms with van der Waals surface area (Å²) in [6.45, 7) is 9.28. The van der Waals surface area contributed by atoms with E-state index in [9.17, 15) is 4.79 Å². The Labute approximate surface area is 112 Å². The number of esters is 1. The normalized spacial score (nSPS) is 10.6. The summed E-state index contributed by atoms with van der Waals surface area (Å²) < 4.78 is 10.5. The molecule has 0 N–H and O–H groups in total. The second kappa shape index (κ2) is 4.88. The number of nitrogens with zero attached hydrogens (tertiary/aromatic N) is 1. The van der Waals surface area contributed by atoms with Crippen molar-refractivity contribution in [2.75, 3.05) is 0 Å². The van der Waals surface area contributed by atoms with Gasteiger partial charge in [0.05, 0.1) is 5.69 Å². The van der Waals surface area contributed by atoms with Crippen LogP contribution < -0.4 is 4.74 Å². The number of ether oxygens (including phenoxy) is 1. The Kier molecular flexibility index (Phi) is 3.42. The first-order valence-corrected chi connectivity index (χ1v) is 6.13. The van der Waals surface area contributed by atoms with Crippen molar-refractivity contribution in [2.45, 2.75) is 34.6 Å². The molecule has 0 aliphatic rings. The van der Waals surface area contributed by atoms with Gasteiger partial charge in [-0.15, -0.1) is 0 Å². The summed E-state index contributed by atoms with van der Waals surface area (Å²) in [5, 5.41) is 3.77. The zero-order valence-corrected chi connectivity index (χ0v) is 11.8. The van der Waals surface area contributed by atoms with E-state index in [2.05, 4.69) is 5.16 Å². The monoisotopic (exact) mass is 259 g/mol. The summed E-state index contributed by atoms with van der Waals surface area (Å²) in [7, 11) is 0. The summed E-state index contributed by atoms with van der Waals surface area (Å²) in [4.78, 5) is 12.2. The van der Waals surface area contributed by atoms with Crippen LogP contribution in [0.3, 0.4) is 0 Å². The molecule has 0 fully saturated rings. The number of benzene rings is 1. The van der Waals surface area contributed by atoms with Gasteiger partial charge in [-0.1, -0.05) is 17.3 Å². The molecule has 1 aromatic carbocycles. The van der Waals surface area contributed by atoms with Gasteiger partial charge in [0.2, 0.25) is 0 Å². The highest BCUT2D eigenvalue weighted by molar-refractivity contribution is 5.93. The molecular weight excluding hydrogens is 242 g/mol. The highest BCUT2D eigenvalue weighted by Gasteiger charge is 2.21. The third-order valence-electron chi connectivity index (χ3n) is 3.31. The fourth-order valence-electron chi connectivity index (χ4n) is 2.00. The van der Waals surface area contributed by atoms with Gasteiger partial charge < -0.3 is 9.26 Å². The molecule has 0 unspecified atom stereocenters. The van der Waals surface area contributed by atoms with E-state index in [1.54, 1.807) is 13.8 Å². The minimum Gasteiger partial charge on any atom is -0.422 e. The molecule has 2 rings (SSSR count). The van der Waals surface area contributed by atoms with Crippen LogP contribution in [0, 0.1) is 34.6 Å². The predicted octanol–water partition coefficient (Wildman–Crippen LogP) is 3.44. The molecule has 0 atom stereocenters. The number of hydrogen-bond acceptors (Lipinski definition) is 4. The number of aryl methyl sites for hydroxylation is 4. The summed E-state index contributed by atoms with van der Waals surface area (Å²) in [6.07, 6.45) is 0. The first-order valence-electron chi connectivity index (χ1n) is 6.13. The molecule has 0 amide bonds. The van der Waals surface area contributed by atoms with E-state index in [-0.39, 0.29) is 0 Å². The lowest BCUT2D eigenvalue weighted by molar-refractivity contribution is 0.0730. The van der Waals surface area contributed by atoms with Gasteiger partial charge in [0.25, 0.3) is 0 Å². The van der Waals surface area contributed by atoms with Gasteiger partial charge in [-0.2, -0.15) is 0 Å². The third-order valence-corrected chi connectivity index (χ3v) is 3.31. The number of hydrogen-bond donors (Lipinski definition) is 0. The molecular formula is C15H17NO3. The minimum atomic E-state index is -0.423. The highest BCUT2D eigenvalue weighted by Crippen LogP contribution is 2.27. The molecule has 1 heterocycles. The molecule has 0 saturated heterocycles. The first-order chi connectivity index (χ1) is 8.91. The van der Waals surface area contributed by atoms with Crippen molar-refractivity contribution in [3.63, 3.8) is 0 Å². The molecule has 19 heavy (non-hydrogen) atoms. The van der Waals surface area contributed by atoms with Gasteiger partial charge in [-0.05, 0) is 51.3 Å². The minimum absolute atomic E-state index is 0.403. The summed E-state index contributed by atoms with van der Waals surface area (Å²) in [5.41, 5.74) is 3.95. The molecule has 0 aliphatic heterocycles. The Balaban J connectivity index is 2.38. The van der Waals surface area contributed by atoms with Gasteiger partial charge in [0.1, 0.15) is 17.1 Å². The second-order valence-corrected chi connectivity index (χ2v) is 4.74. The average Bonchev–Trinajstić information content (AvgIpc) is 2.69. The number of carbonyl (C=O) groups is 1. The predicted molar refractivity (Wildman–Crippen MR) is 71.6 cm³/mol. The molecule has 4 nitrogen and oxygen atoms in total. The van der Waals surface area contributed by atoms with Crippen molar-refractivity contribution in [1.29, 1.82) is 0 Å². The van der Waals surface area contributed by atoms with Gasteiger partial charge in [-0.3, -0.25) is 0 Å². The van der Waals surface area contributed by atoms with Crippen LogP contribution in [0.5, 0.6) is 5.75 Å². The van der Waals surface area contributed by atoms with Crippen LogP contribution in [0.25, 0.3) is 0 Å². The van der Waals surface area contributed by atoms with E-state index in [1.165, 1.54) is 0 Å². The SMILES string of the molecule is Cc1ccc(C)c(OC(=O)c2c(C)noc2C)c1C. The Morgan fingerprint density at radius 2 is 1.74 bits per heavy atom. The molecule has 0 radical (unpaired) electrons. The fraction of sp³-hybridized carbons (Fsp3) is 0.333. The van der Waals surface area contributed by atoms with Crippen molar-refractivity contribution in [1.82, 2.24) is 5.16 Å². The van der Waals surface area contributed by atoms with E-state index in [0.29, 0.717) is 22.8 Å². The van der Waals surface area contributed by atoms with E-state index in [1.807, 2.05) is 32.9 Å². The maximum Gasteiger partial charge on any atom is 0.349 e. The molecule has 2 aromatic rings. The van der Waals surface area contributed by atoms with Crippen molar-refractivity contribution < 1.29 is 14.1 Å². The topological polar surface area (TPSA) is 52.3 Å². The van der Waals surface area contributed by atoms with Crippen molar-refractivity contribution >= 4 is 5.97 Å². The Hall–Kier alpha value is -2.10. The van der Waals surface area contributed by atoms with Gasteiger partial charge in [0, 0.05) is 0 Å². The molecule has 0 saturated carbocycles. The van der Waals surface area contributed by atoms with E-state index in [0.717, 1.165) is 16.7 Å². The zero-order valence-electron chi connectivity index (χ0n) is 11.8. The van der Waals surface area contributed by atoms with E-state index in [4.69, 9.17) is 9.26 Å². The van der Waals surface area contributed by atoms with Crippen LogP contribution in [0.2, 0.25) is 0 Å². The second-order valence-electron chi connectivity index (χ2n) is 4.74. The van der Waals surface area contributed by atoms with Gasteiger partial charge in [-0.25, -0.2) is 4.79 Å². The lowest BCUT2D eigenvalue weighted by Crippen LogP contribution is -2.12. The largest absolute Gasteiger partial charge is 0.422 e. The molecule has 4 heteroatoms. The number of rotatable bonds is 2. The average molecular weight is 259 g/mol. The van der Waals surface area contributed by atoms with E-state index >= 15 is 0 Å². The van der Waals surface area contributed by atoms with Crippen molar-refractivity contribution in [3.8, 4) is 5.75 Å². The van der Waals surface area contributed by atoms with Crippen LogP contribution in [0.15, 0.2) is 16.7 Å². The summed E-state index contributed by atoms with van der Waals surface area (Å²) in [5.74, 6) is 0.670. The zero-order chi connectivity index (χ0) is 14.2. The highest BCUT2D eigenvalue weighted by atomic mass is 16.5. The molecule has 0 spiro atoms. The maximum absolute atomic E-state index is 12.2. The Bertz CT molecular complexity index is 622. The maximum atomic E-state index is 12.2. The van der Waals surface area contributed by atoms with Crippen LogP contribution in [0.4, 0.5) is 0 Å². The smallest absolute Gasteiger partial charge is 0.349 e. The lowest BCUT2D eigenvalue weighted by atomic mass is 10.1. The first kappa shape index (κ1) is 13.3. The lowest BCUT2D eigenvalue weighted by Gasteiger charge is -2.12. The van der Waals surface area contributed by atoms with Crippen LogP contribution in [-0.2, 0) is 0 Å². The molecule has 0 aliphatic carbocycles.